The van der Waals surface area contributed by atoms with Crippen molar-refractivity contribution in [1.82, 2.24) is 15.0 Å². The molecule has 0 amide bonds. The fraction of sp³-hybridized carbons (Fsp3) is 0.357. The highest BCUT2D eigenvalue weighted by molar-refractivity contribution is 5.55. The molecule has 28 heavy (non-hydrogen) atoms. The first kappa shape index (κ1) is 21.3. The number of nitrogens with zero attached hydrogens (tertiary/aromatic N) is 3. The Labute approximate surface area is 153 Å². The lowest BCUT2D eigenvalue weighted by atomic mass is 10.3. The third-order valence-corrected chi connectivity index (χ3v) is 2.72. The van der Waals surface area contributed by atoms with Crippen molar-refractivity contribution in [2.45, 2.75) is 12.5 Å². The van der Waals surface area contributed by atoms with Crippen LogP contribution in [0.15, 0.2) is 24.3 Å². The predicted molar refractivity (Wildman–Crippen MR) is 83.4 cm³/mol. The number of nitrogens with one attached hydrogen (secondary N) is 2. The van der Waals surface area contributed by atoms with Gasteiger partial charge in [-0.3, -0.25) is 0 Å². The smallest absolute Gasteiger partial charge is 0.454 e. The van der Waals surface area contributed by atoms with E-state index in [4.69, 9.17) is 5.11 Å². The maximum absolute atomic E-state index is 12.3. The highest BCUT2D eigenvalue weighted by atomic mass is 19.4. The molecule has 1 aromatic heterocycles. The summed E-state index contributed by atoms with van der Waals surface area (Å²) in [6.07, 6.45) is -9.46. The molecule has 0 radical (unpaired) electrons. The van der Waals surface area contributed by atoms with Crippen LogP contribution < -0.4 is 20.1 Å². The molecule has 2 aromatic rings. The zero-order valence-electron chi connectivity index (χ0n) is 13.8. The average molecular weight is 413 g/mol. The molecular formula is C14H13F6N5O3. The first-order valence-electron chi connectivity index (χ1n) is 7.47. The summed E-state index contributed by atoms with van der Waals surface area (Å²) in [6, 6.07) is 3.81. The predicted octanol–water partition coefficient (Wildman–Crippen LogP) is 2.86. The standard InChI is InChI=1S/C14H13F6N5O3/c15-13(16,17)7-27-12-24-10(21-5-6-26)23-11(25-12)22-8-1-3-9(4-2-8)28-14(18,19)20/h1-4,26H,5-7H2,(H2,21,22,23,24,25). The van der Waals surface area contributed by atoms with Crippen molar-refractivity contribution in [3.63, 3.8) is 0 Å². The Morgan fingerprint density at radius 1 is 0.929 bits per heavy atom. The zero-order chi connectivity index (χ0) is 20.8. The van der Waals surface area contributed by atoms with Gasteiger partial charge >= 0.3 is 18.5 Å². The topological polar surface area (TPSA) is 101 Å². The SMILES string of the molecule is OCCNc1nc(Nc2ccc(OC(F)(F)F)cc2)nc(OCC(F)(F)F)n1. The first-order valence-corrected chi connectivity index (χ1v) is 7.47. The van der Waals surface area contributed by atoms with E-state index in [1.165, 1.54) is 12.1 Å². The maximum Gasteiger partial charge on any atom is 0.573 e. The van der Waals surface area contributed by atoms with Crippen molar-refractivity contribution in [3.05, 3.63) is 24.3 Å². The molecule has 0 aliphatic heterocycles. The molecule has 0 fully saturated rings. The van der Waals surface area contributed by atoms with Gasteiger partial charge in [0.15, 0.2) is 6.61 Å². The quantitative estimate of drug-likeness (QED) is 0.568. The molecule has 0 saturated heterocycles. The second kappa shape index (κ2) is 8.77. The van der Waals surface area contributed by atoms with Gasteiger partial charge < -0.3 is 25.2 Å². The summed E-state index contributed by atoms with van der Waals surface area (Å²) >= 11 is 0. The van der Waals surface area contributed by atoms with Gasteiger partial charge in [-0.2, -0.15) is 28.1 Å². The molecule has 154 valence electrons. The molecule has 1 aromatic carbocycles. The molecule has 0 saturated carbocycles. The van der Waals surface area contributed by atoms with Gasteiger partial charge in [-0.1, -0.05) is 0 Å². The van der Waals surface area contributed by atoms with Crippen molar-refractivity contribution in [3.8, 4) is 11.8 Å². The summed E-state index contributed by atoms with van der Waals surface area (Å²) in [6.45, 7) is -1.93. The van der Waals surface area contributed by atoms with E-state index in [9.17, 15) is 26.3 Å². The number of halogens is 6. The molecule has 0 aliphatic rings. The van der Waals surface area contributed by atoms with Crippen molar-refractivity contribution in [2.75, 3.05) is 30.4 Å². The maximum atomic E-state index is 12.3. The van der Waals surface area contributed by atoms with E-state index in [-0.39, 0.29) is 30.7 Å². The van der Waals surface area contributed by atoms with Crippen LogP contribution in [0.3, 0.4) is 0 Å². The molecule has 14 heteroatoms. The Bertz CT molecular complexity index is 770. The number of aliphatic hydroxyl groups is 1. The van der Waals surface area contributed by atoms with Gasteiger partial charge in [0, 0.05) is 12.2 Å². The largest absolute Gasteiger partial charge is 0.573 e. The Morgan fingerprint density at radius 2 is 1.57 bits per heavy atom. The van der Waals surface area contributed by atoms with Crippen LogP contribution in [0.1, 0.15) is 0 Å². The number of hydrogen-bond acceptors (Lipinski definition) is 8. The number of ether oxygens (including phenoxy) is 2. The lowest BCUT2D eigenvalue weighted by molar-refractivity contribution is -0.274. The number of anilines is 3. The Kier molecular flexibility index (Phi) is 6.66. The van der Waals surface area contributed by atoms with E-state index in [1.807, 2.05) is 0 Å². The van der Waals surface area contributed by atoms with Crippen LogP contribution in [-0.2, 0) is 0 Å². The van der Waals surface area contributed by atoms with Gasteiger partial charge in [0.05, 0.1) is 6.61 Å². The van der Waals surface area contributed by atoms with Crippen LogP contribution in [0.4, 0.5) is 43.9 Å². The molecule has 0 unspecified atom stereocenters. The molecule has 0 spiro atoms. The number of benzene rings is 1. The van der Waals surface area contributed by atoms with E-state index < -0.39 is 30.9 Å². The Morgan fingerprint density at radius 3 is 2.14 bits per heavy atom. The second-order valence-corrected chi connectivity index (χ2v) is 5.02. The summed E-state index contributed by atoms with van der Waals surface area (Å²) < 4.78 is 81.5. The van der Waals surface area contributed by atoms with Crippen LogP contribution in [0.25, 0.3) is 0 Å². The van der Waals surface area contributed by atoms with Crippen LogP contribution >= 0.6 is 0 Å². The van der Waals surface area contributed by atoms with E-state index >= 15 is 0 Å². The minimum Gasteiger partial charge on any atom is -0.454 e. The van der Waals surface area contributed by atoms with Gasteiger partial charge in [-0.25, -0.2) is 0 Å². The highest BCUT2D eigenvalue weighted by Gasteiger charge is 2.31. The second-order valence-electron chi connectivity index (χ2n) is 5.02. The van der Waals surface area contributed by atoms with Crippen LogP contribution in [0.5, 0.6) is 11.8 Å². The highest BCUT2D eigenvalue weighted by Crippen LogP contribution is 2.25. The number of aliphatic hydroxyl groups excluding tert-OH is 1. The molecule has 0 aliphatic carbocycles. The van der Waals surface area contributed by atoms with Gasteiger partial charge in [0.1, 0.15) is 5.75 Å². The van der Waals surface area contributed by atoms with E-state index in [0.29, 0.717) is 0 Å². The minimum atomic E-state index is -4.85. The fourth-order valence-electron chi connectivity index (χ4n) is 1.74. The average Bonchev–Trinajstić information content (AvgIpc) is 2.58. The van der Waals surface area contributed by atoms with Crippen molar-refractivity contribution >= 4 is 17.6 Å². The summed E-state index contributed by atoms with van der Waals surface area (Å²) in [5.41, 5.74) is 0.218. The van der Waals surface area contributed by atoms with Crippen molar-refractivity contribution in [1.29, 1.82) is 0 Å². The van der Waals surface area contributed by atoms with E-state index in [1.54, 1.807) is 0 Å². The summed E-state index contributed by atoms with van der Waals surface area (Å²) in [5.74, 6) is -0.883. The third kappa shape index (κ3) is 7.69. The molecule has 0 atom stereocenters. The number of aromatic nitrogens is 3. The Hall–Kier alpha value is -3.03. The van der Waals surface area contributed by atoms with Gasteiger partial charge in [-0.15, -0.1) is 13.2 Å². The van der Waals surface area contributed by atoms with E-state index in [0.717, 1.165) is 12.1 Å². The molecule has 0 bridgehead atoms. The summed E-state index contributed by atoms with van der Waals surface area (Å²) in [5, 5.41) is 13.9. The number of rotatable bonds is 8. The molecule has 1 heterocycles. The summed E-state index contributed by atoms with van der Waals surface area (Å²) in [4.78, 5) is 11.1. The molecule has 8 nitrogen and oxygen atoms in total. The number of alkyl halides is 6. The Balaban J connectivity index is 2.15. The lowest BCUT2D eigenvalue weighted by Gasteiger charge is -2.12. The van der Waals surface area contributed by atoms with Gasteiger partial charge in [0.2, 0.25) is 11.9 Å². The zero-order valence-corrected chi connectivity index (χ0v) is 13.8. The van der Waals surface area contributed by atoms with Gasteiger partial charge in [0.25, 0.3) is 0 Å². The molecule has 3 N–H and O–H groups in total. The van der Waals surface area contributed by atoms with Crippen LogP contribution in [0, 0.1) is 0 Å². The van der Waals surface area contributed by atoms with Crippen LogP contribution in [-0.4, -0.2) is 52.4 Å². The monoisotopic (exact) mass is 413 g/mol. The normalized spacial score (nSPS) is 11.8. The first-order chi connectivity index (χ1) is 13.0. The third-order valence-electron chi connectivity index (χ3n) is 2.72. The van der Waals surface area contributed by atoms with Crippen molar-refractivity contribution in [2.24, 2.45) is 0 Å². The van der Waals surface area contributed by atoms with Crippen molar-refractivity contribution < 1.29 is 40.9 Å². The van der Waals surface area contributed by atoms with Crippen LogP contribution in [0.2, 0.25) is 0 Å². The lowest BCUT2D eigenvalue weighted by Crippen LogP contribution is -2.21. The molecule has 2 rings (SSSR count). The summed E-state index contributed by atoms with van der Waals surface area (Å²) in [7, 11) is 0. The van der Waals surface area contributed by atoms with Gasteiger partial charge in [-0.05, 0) is 24.3 Å². The van der Waals surface area contributed by atoms with E-state index in [2.05, 4.69) is 35.1 Å². The minimum absolute atomic E-state index is 0.00560. The number of hydrogen-bond donors (Lipinski definition) is 3. The fourth-order valence-corrected chi connectivity index (χ4v) is 1.74. The molecular weight excluding hydrogens is 400 g/mol.